The van der Waals surface area contributed by atoms with Crippen molar-refractivity contribution in [1.29, 1.82) is 0 Å². The van der Waals surface area contributed by atoms with Gasteiger partial charge >= 0.3 is 24.1 Å². The summed E-state index contributed by atoms with van der Waals surface area (Å²) in [5, 5.41) is 0. The Balaban J connectivity index is 2.92. The van der Waals surface area contributed by atoms with Gasteiger partial charge in [0.15, 0.2) is 6.30 Å². The Morgan fingerprint density at radius 2 is 1.21 bits per heavy atom. The summed E-state index contributed by atoms with van der Waals surface area (Å²) in [6.45, 7) is -5.54. The van der Waals surface area contributed by atoms with Crippen LogP contribution < -0.4 is 5.73 Å². The topological polar surface area (TPSA) is 38.5 Å². The van der Waals surface area contributed by atoms with Crippen molar-refractivity contribution < 1.29 is 53.0 Å². The van der Waals surface area contributed by atoms with Crippen LogP contribution in [0.1, 0.15) is 25.7 Å². The molecule has 1 rings (SSSR count). The van der Waals surface area contributed by atoms with Crippen LogP contribution in [0.3, 0.4) is 0 Å². The second-order valence-corrected chi connectivity index (χ2v) is 6.55. The lowest BCUT2D eigenvalue weighted by atomic mass is 10.0. The first-order valence-electron chi connectivity index (χ1n) is 8.11. The molecule has 14 heteroatoms. The van der Waals surface area contributed by atoms with Gasteiger partial charge in [-0.05, 0) is 12.8 Å². The molecular weight excluding hydrogens is 421 g/mol. The lowest BCUT2D eigenvalue weighted by Gasteiger charge is -2.37. The molecule has 0 aromatic rings. The Hall–Kier alpha value is -0.890. The molecule has 0 bridgehead atoms. The second-order valence-electron chi connectivity index (χ2n) is 6.55. The van der Waals surface area contributed by atoms with E-state index >= 15 is 0 Å². The van der Waals surface area contributed by atoms with E-state index in [0.29, 0.717) is 17.7 Å². The Labute approximate surface area is 153 Å². The molecule has 0 saturated carbocycles. The number of likely N-dealkylation sites (tertiary alicyclic amines) is 1. The zero-order valence-corrected chi connectivity index (χ0v) is 14.3. The predicted octanol–water partition coefficient (Wildman–Crippen LogP) is 4.27. The Bertz CT molecular complexity index is 500. The van der Waals surface area contributed by atoms with Crippen molar-refractivity contribution in [2.24, 2.45) is 5.73 Å². The highest BCUT2D eigenvalue weighted by atomic mass is 19.4. The third kappa shape index (κ3) is 5.17. The molecule has 0 radical (unpaired) electrons. The maximum absolute atomic E-state index is 14.5. The summed E-state index contributed by atoms with van der Waals surface area (Å²) in [6.07, 6.45) is -13.9. The van der Waals surface area contributed by atoms with Gasteiger partial charge in [0.05, 0.1) is 6.61 Å². The van der Waals surface area contributed by atoms with E-state index in [1.54, 1.807) is 0 Å². The fraction of sp³-hybridized carbons (Fsp3) is 1.00. The molecule has 0 aromatic heterocycles. The van der Waals surface area contributed by atoms with Crippen molar-refractivity contribution in [3.05, 3.63) is 0 Å². The summed E-state index contributed by atoms with van der Waals surface area (Å²) in [5.74, 6) is -11.2. The molecule has 1 aliphatic heterocycles. The Morgan fingerprint density at radius 1 is 0.750 bits per heavy atom. The molecule has 1 heterocycles. The average molecular weight is 440 g/mol. The van der Waals surface area contributed by atoms with Crippen molar-refractivity contribution in [3.8, 4) is 0 Å². The van der Waals surface area contributed by atoms with Gasteiger partial charge in [-0.3, -0.25) is 10.6 Å². The number of hydrogen-bond donors (Lipinski definition) is 1. The number of nitrogens with zero attached hydrogens (tertiary/aromatic N) is 1. The van der Waals surface area contributed by atoms with Crippen LogP contribution in [0.4, 0.5) is 48.3 Å². The normalized spacial score (nSPS) is 23.6. The van der Waals surface area contributed by atoms with Gasteiger partial charge in [-0.1, -0.05) is 12.8 Å². The van der Waals surface area contributed by atoms with Crippen LogP contribution in [0, 0.1) is 0 Å². The van der Waals surface area contributed by atoms with Crippen LogP contribution in [0.5, 0.6) is 0 Å². The van der Waals surface area contributed by atoms with Crippen LogP contribution in [-0.4, -0.2) is 67.2 Å². The SMILES string of the molecule is N[C@](F)(C(F)(F)F)C(F)(F)COCC(F)(C(F)N1CCCCCC1)C(F)(F)F. The molecule has 1 aliphatic rings. The van der Waals surface area contributed by atoms with Crippen molar-refractivity contribution in [2.45, 2.75) is 61.7 Å². The van der Waals surface area contributed by atoms with Crippen LogP contribution in [-0.2, 0) is 4.74 Å². The number of halogens is 11. The third-order valence-corrected chi connectivity index (χ3v) is 4.35. The molecule has 3 nitrogen and oxygen atoms in total. The van der Waals surface area contributed by atoms with E-state index in [-0.39, 0.29) is 25.9 Å². The van der Waals surface area contributed by atoms with Gasteiger partial charge < -0.3 is 4.74 Å². The summed E-state index contributed by atoms with van der Waals surface area (Å²) >= 11 is 0. The molecule has 168 valence electrons. The Morgan fingerprint density at radius 3 is 1.61 bits per heavy atom. The fourth-order valence-electron chi connectivity index (χ4n) is 2.54. The molecular formula is C14H19F11N2O. The third-order valence-electron chi connectivity index (χ3n) is 4.35. The van der Waals surface area contributed by atoms with E-state index in [1.165, 1.54) is 0 Å². The highest BCUT2D eigenvalue weighted by Gasteiger charge is 2.70. The molecule has 0 aliphatic carbocycles. The largest absolute Gasteiger partial charge is 0.442 e. The highest BCUT2D eigenvalue weighted by molar-refractivity contribution is 4.97. The molecule has 3 atom stereocenters. The van der Waals surface area contributed by atoms with Gasteiger partial charge in [-0.15, -0.1) is 0 Å². The first-order chi connectivity index (χ1) is 12.5. The minimum atomic E-state index is -6.29. The van der Waals surface area contributed by atoms with E-state index < -0.39 is 49.2 Å². The highest BCUT2D eigenvalue weighted by Crippen LogP contribution is 2.43. The predicted molar refractivity (Wildman–Crippen MR) is 74.7 cm³/mol. The lowest BCUT2D eigenvalue weighted by molar-refractivity contribution is -0.319. The van der Waals surface area contributed by atoms with E-state index in [2.05, 4.69) is 10.5 Å². The van der Waals surface area contributed by atoms with Crippen LogP contribution >= 0.6 is 0 Å². The summed E-state index contributed by atoms with van der Waals surface area (Å²) in [7, 11) is 0. The monoisotopic (exact) mass is 440 g/mol. The average Bonchev–Trinajstić information content (AvgIpc) is 2.80. The summed E-state index contributed by atoms with van der Waals surface area (Å²) in [4.78, 5) is 0.514. The summed E-state index contributed by atoms with van der Waals surface area (Å²) < 4.78 is 148. The van der Waals surface area contributed by atoms with E-state index in [0.717, 1.165) is 0 Å². The maximum atomic E-state index is 14.5. The minimum absolute atomic E-state index is 0.246. The van der Waals surface area contributed by atoms with Crippen molar-refractivity contribution in [2.75, 3.05) is 26.3 Å². The van der Waals surface area contributed by atoms with Gasteiger partial charge in [-0.25, -0.2) is 13.2 Å². The minimum Gasteiger partial charge on any atom is -0.371 e. The summed E-state index contributed by atoms with van der Waals surface area (Å²) in [6, 6.07) is 0. The smallest absolute Gasteiger partial charge is 0.371 e. The van der Waals surface area contributed by atoms with Crippen molar-refractivity contribution >= 4 is 0 Å². The number of alkyl halides is 11. The van der Waals surface area contributed by atoms with Crippen LogP contribution in [0.2, 0.25) is 0 Å². The molecule has 1 fully saturated rings. The van der Waals surface area contributed by atoms with Gasteiger partial charge in [0, 0.05) is 13.1 Å². The lowest BCUT2D eigenvalue weighted by Crippen LogP contribution is -2.64. The molecule has 0 aromatic carbocycles. The van der Waals surface area contributed by atoms with E-state index in [4.69, 9.17) is 0 Å². The number of nitrogens with two attached hydrogens (primary N) is 1. The van der Waals surface area contributed by atoms with Crippen LogP contribution in [0.15, 0.2) is 0 Å². The number of rotatable bonds is 7. The summed E-state index contributed by atoms with van der Waals surface area (Å²) in [5.41, 5.74) is -0.939. The molecule has 28 heavy (non-hydrogen) atoms. The number of ether oxygens (including phenoxy) is 1. The molecule has 2 N–H and O–H groups in total. The van der Waals surface area contributed by atoms with Crippen molar-refractivity contribution in [3.63, 3.8) is 0 Å². The number of hydrogen-bond acceptors (Lipinski definition) is 3. The fourth-order valence-corrected chi connectivity index (χ4v) is 2.54. The second kappa shape index (κ2) is 8.46. The quantitative estimate of drug-likeness (QED) is 0.475. The molecule has 0 amide bonds. The first-order valence-corrected chi connectivity index (χ1v) is 8.11. The molecule has 1 saturated heterocycles. The Kier molecular flexibility index (Phi) is 7.60. The van der Waals surface area contributed by atoms with Gasteiger partial charge in [0.1, 0.15) is 6.61 Å². The maximum Gasteiger partial charge on any atom is 0.442 e. The zero-order valence-electron chi connectivity index (χ0n) is 14.3. The van der Waals surface area contributed by atoms with Gasteiger partial charge in [0.2, 0.25) is 0 Å². The first kappa shape index (κ1) is 25.1. The van der Waals surface area contributed by atoms with E-state index in [9.17, 15) is 48.3 Å². The zero-order chi connectivity index (χ0) is 22.0. The van der Waals surface area contributed by atoms with Crippen molar-refractivity contribution in [1.82, 2.24) is 4.90 Å². The van der Waals surface area contributed by atoms with Crippen LogP contribution in [0.25, 0.3) is 0 Å². The standard InChI is InChI=1S/C14H19F11N2O/c15-9(27-5-3-1-2-4-6-27)10(16,13(20,21)22)7-28-8-11(17,18)12(19,26)14(23,24)25/h9H,1-8,26H2/t9?,10?,12-/m0/s1. The molecule has 2 unspecified atom stereocenters. The van der Waals surface area contributed by atoms with E-state index in [1.807, 2.05) is 0 Å². The van der Waals surface area contributed by atoms with Gasteiger partial charge in [0.25, 0.3) is 5.67 Å². The molecule has 0 spiro atoms. The van der Waals surface area contributed by atoms with Gasteiger partial charge in [-0.2, -0.15) is 35.1 Å².